The summed E-state index contributed by atoms with van der Waals surface area (Å²) in [7, 11) is 0. The van der Waals surface area contributed by atoms with Gasteiger partial charge in [-0.3, -0.25) is 10.1 Å². The Morgan fingerprint density at radius 3 is 2.82 bits per heavy atom. The van der Waals surface area contributed by atoms with Crippen molar-refractivity contribution < 1.29 is 9.18 Å². The molecule has 3 rings (SSSR count). The van der Waals surface area contributed by atoms with Crippen molar-refractivity contribution in [3.8, 4) is 0 Å². The molecule has 3 aromatic rings. The van der Waals surface area contributed by atoms with Crippen molar-refractivity contribution >= 4 is 40.6 Å². The van der Waals surface area contributed by atoms with Crippen molar-refractivity contribution in [1.82, 2.24) is 9.97 Å². The highest BCUT2D eigenvalue weighted by molar-refractivity contribution is 6.32. The Kier molecular flexibility index (Phi) is 3.89. The van der Waals surface area contributed by atoms with Gasteiger partial charge in [-0.05, 0) is 30.3 Å². The van der Waals surface area contributed by atoms with Crippen molar-refractivity contribution in [2.45, 2.75) is 0 Å². The maximum atomic E-state index is 13.6. The Balaban J connectivity index is 1.76. The third-order valence-electron chi connectivity index (χ3n) is 3.03. The molecule has 0 bridgehead atoms. The molecule has 22 heavy (non-hydrogen) atoms. The van der Waals surface area contributed by atoms with Gasteiger partial charge in [0, 0.05) is 11.6 Å². The minimum absolute atomic E-state index is 0.170. The van der Waals surface area contributed by atoms with Gasteiger partial charge < -0.3 is 4.98 Å². The van der Waals surface area contributed by atoms with Crippen LogP contribution in [0.5, 0.6) is 0 Å². The van der Waals surface area contributed by atoms with Crippen molar-refractivity contribution in [3.63, 3.8) is 0 Å². The average Bonchev–Trinajstić information content (AvgIpc) is 2.88. The van der Waals surface area contributed by atoms with Crippen LogP contribution in [-0.4, -0.2) is 15.9 Å². The number of anilines is 1. The van der Waals surface area contributed by atoms with Crippen LogP contribution in [0.4, 0.5) is 10.3 Å². The summed E-state index contributed by atoms with van der Waals surface area (Å²) in [6.45, 7) is 0. The van der Waals surface area contributed by atoms with Gasteiger partial charge >= 0.3 is 0 Å². The molecule has 0 saturated carbocycles. The van der Waals surface area contributed by atoms with E-state index in [2.05, 4.69) is 15.3 Å². The Labute approximate surface area is 130 Å². The zero-order valence-corrected chi connectivity index (χ0v) is 12.1. The van der Waals surface area contributed by atoms with Gasteiger partial charge in [-0.1, -0.05) is 29.8 Å². The lowest BCUT2D eigenvalue weighted by Gasteiger charge is -2.00. The quantitative estimate of drug-likeness (QED) is 0.717. The molecule has 0 unspecified atom stereocenters. The highest BCUT2D eigenvalue weighted by atomic mass is 35.5. The fourth-order valence-electron chi connectivity index (χ4n) is 2.00. The van der Waals surface area contributed by atoms with Crippen LogP contribution in [0.25, 0.3) is 17.1 Å². The van der Waals surface area contributed by atoms with E-state index < -0.39 is 11.7 Å². The fraction of sp³-hybridized carbons (Fsp3) is 0. The number of fused-ring (bicyclic) bond motifs is 1. The van der Waals surface area contributed by atoms with E-state index in [9.17, 15) is 9.18 Å². The first-order valence-corrected chi connectivity index (χ1v) is 6.89. The second-order valence-electron chi connectivity index (χ2n) is 4.56. The van der Waals surface area contributed by atoms with E-state index in [0.29, 0.717) is 5.95 Å². The number of nitrogens with one attached hydrogen (secondary N) is 2. The topological polar surface area (TPSA) is 57.8 Å². The summed E-state index contributed by atoms with van der Waals surface area (Å²) < 4.78 is 13.6. The third-order valence-corrected chi connectivity index (χ3v) is 3.36. The number of hydrogen-bond acceptors (Lipinski definition) is 2. The van der Waals surface area contributed by atoms with Crippen LogP contribution in [0.2, 0.25) is 5.02 Å². The normalized spacial score (nSPS) is 11.2. The van der Waals surface area contributed by atoms with Crippen LogP contribution in [0.3, 0.4) is 0 Å². The van der Waals surface area contributed by atoms with E-state index >= 15 is 0 Å². The number of nitrogens with zero attached hydrogens (tertiary/aromatic N) is 1. The Bertz CT molecular complexity index is 819. The van der Waals surface area contributed by atoms with Gasteiger partial charge in [-0.2, -0.15) is 0 Å². The predicted molar refractivity (Wildman–Crippen MR) is 85.2 cm³/mol. The standard InChI is InChI=1S/C16H11ClFN3O/c17-11-4-3-5-12(18)10(11)8-9-15(22)21-16-19-13-6-1-2-7-14(13)20-16/h1-9H,(H2,19,20,21,22)/b9-8-. The van der Waals surface area contributed by atoms with E-state index in [0.717, 1.165) is 11.0 Å². The number of rotatable bonds is 3. The summed E-state index contributed by atoms with van der Waals surface area (Å²) in [6, 6.07) is 11.7. The summed E-state index contributed by atoms with van der Waals surface area (Å²) in [5, 5.41) is 2.83. The van der Waals surface area contributed by atoms with Crippen molar-refractivity contribution in [2.75, 3.05) is 5.32 Å². The first kappa shape index (κ1) is 14.3. The van der Waals surface area contributed by atoms with E-state index in [1.54, 1.807) is 6.07 Å². The van der Waals surface area contributed by atoms with Gasteiger partial charge in [0.2, 0.25) is 5.95 Å². The van der Waals surface area contributed by atoms with Crippen molar-refractivity contribution in [2.24, 2.45) is 0 Å². The largest absolute Gasteiger partial charge is 0.324 e. The van der Waals surface area contributed by atoms with Crippen LogP contribution in [0.1, 0.15) is 5.56 Å². The summed E-state index contributed by atoms with van der Waals surface area (Å²) in [4.78, 5) is 19.1. The minimum Gasteiger partial charge on any atom is -0.324 e. The van der Waals surface area contributed by atoms with E-state index in [1.165, 1.54) is 24.3 Å². The maximum absolute atomic E-state index is 13.6. The first-order chi connectivity index (χ1) is 10.6. The number of para-hydroxylation sites is 2. The third kappa shape index (κ3) is 2.99. The van der Waals surface area contributed by atoms with E-state index in [-0.39, 0.29) is 10.6 Å². The molecule has 0 saturated heterocycles. The first-order valence-electron chi connectivity index (χ1n) is 6.51. The molecule has 6 heteroatoms. The molecule has 1 heterocycles. The maximum Gasteiger partial charge on any atom is 0.250 e. The Morgan fingerprint density at radius 2 is 2.05 bits per heavy atom. The van der Waals surface area contributed by atoms with Crippen molar-refractivity contribution in [3.05, 3.63) is 64.9 Å². The minimum atomic E-state index is -0.486. The van der Waals surface area contributed by atoms with Crippen molar-refractivity contribution in [1.29, 1.82) is 0 Å². The smallest absolute Gasteiger partial charge is 0.250 e. The average molecular weight is 316 g/mol. The molecule has 0 aliphatic rings. The second-order valence-corrected chi connectivity index (χ2v) is 4.97. The number of benzene rings is 2. The number of hydrogen-bond donors (Lipinski definition) is 2. The molecule has 2 aromatic carbocycles. The summed E-state index contributed by atoms with van der Waals surface area (Å²) in [5.74, 6) is -0.589. The van der Waals surface area contributed by atoms with Gasteiger partial charge in [0.15, 0.2) is 0 Å². The van der Waals surface area contributed by atoms with E-state index in [4.69, 9.17) is 11.6 Å². The molecule has 0 fully saturated rings. The number of halogens is 2. The number of carbonyl (C=O) groups excluding carboxylic acids is 1. The lowest BCUT2D eigenvalue weighted by Crippen LogP contribution is -2.09. The van der Waals surface area contributed by atoms with Crippen LogP contribution in [-0.2, 0) is 4.79 Å². The zero-order chi connectivity index (χ0) is 15.5. The van der Waals surface area contributed by atoms with Crippen LogP contribution in [0, 0.1) is 5.82 Å². The van der Waals surface area contributed by atoms with Gasteiger partial charge in [0.05, 0.1) is 16.1 Å². The van der Waals surface area contributed by atoms with E-state index in [1.807, 2.05) is 24.3 Å². The molecule has 0 radical (unpaired) electrons. The van der Waals surface area contributed by atoms with Gasteiger partial charge in [-0.15, -0.1) is 0 Å². The molecule has 4 nitrogen and oxygen atoms in total. The number of amides is 1. The molecule has 2 N–H and O–H groups in total. The lowest BCUT2D eigenvalue weighted by molar-refractivity contribution is -0.111. The second kappa shape index (κ2) is 5.99. The molecule has 0 spiro atoms. The van der Waals surface area contributed by atoms with Crippen LogP contribution < -0.4 is 5.32 Å². The molecule has 0 aliphatic heterocycles. The highest BCUT2D eigenvalue weighted by Crippen LogP contribution is 2.20. The summed E-state index contributed by atoms with van der Waals surface area (Å²) >= 11 is 5.89. The molecular formula is C16H11ClFN3O. The molecule has 1 aromatic heterocycles. The van der Waals surface area contributed by atoms with Crippen LogP contribution in [0.15, 0.2) is 48.5 Å². The van der Waals surface area contributed by atoms with Gasteiger partial charge in [0.25, 0.3) is 5.91 Å². The zero-order valence-electron chi connectivity index (χ0n) is 11.3. The predicted octanol–water partition coefficient (Wildman–Crippen LogP) is 4.01. The van der Waals surface area contributed by atoms with Gasteiger partial charge in [-0.25, -0.2) is 9.37 Å². The lowest BCUT2D eigenvalue weighted by atomic mass is 10.2. The van der Waals surface area contributed by atoms with Gasteiger partial charge in [0.1, 0.15) is 5.82 Å². The molecule has 0 aliphatic carbocycles. The Hall–Kier alpha value is -2.66. The molecule has 110 valence electrons. The fourth-order valence-corrected chi connectivity index (χ4v) is 2.23. The number of H-pyrrole nitrogens is 1. The molecule has 1 amide bonds. The Morgan fingerprint density at radius 1 is 1.23 bits per heavy atom. The summed E-state index contributed by atoms with van der Waals surface area (Å²) in [6.07, 6.45) is 2.53. The summed E-state index contributed by atoms with van der Waals surface area (Å²) in [5.41, 5.74) is 1.74. The number of aromatic nitrogens is 2. The molecular weight excluding hydrogens is 305 g/mol. The van der Waals surface area contributed by atoms with Crippen LogP contribution >= 0.6 is 11.6 Å². The highest BCUT2D eigenvalue weighted by Gasteiger charge is 2.06. The monoisotopic (exact) mass is 315 g/mol. The SMILES string of the molecule is O=C(/C=C\c1c(F)cccc1Cl)Nc1nc2ccccc2[nH]1. The number of aromatic amines is 1. The number of carbonyl (C=O) groups is 1. The number of imidazole rings is 1. The molecule has 0 atom stereocenters.